The largest absolute Gasteiger partial charge is 0.408 e. The fraction of sp³-hybridized carbons (Fsp3) is 0.600. The van der Waals surface area contributed by atoms with Gasteiger partial charge in [0.2, 0.25) is 5.92 Å². The summed E-state index contributed by atoms with van der Waals surface area (Å²) in [6.07, 6.45) is -1.91. The van der Waals surface area contributed by atoms with Gasteiger partial charge in [-0.15, -0.1) is 0 Å². The monoisotopic (exact) mass is 583 g/mol. The number of carbonyl (C=O) groups excluding carboxylic acids is 2. The molecule has 3 fully saturated rings. The van der Waals surface area contributed by atoms with Gasteiger partial charge in [-0.25, -0.2) is 22.9 Å². The number of amides is 2. The number of nitrogens with one attached hydrogen (secondary N) is 2. The fourth-order valence-corrected chi connectivity index (χ4v) is 5.66. The van der Waals surface area contributed by atoms with Crippen molar-refractivity contribution < 1.29 is 41.3 Å². The van der Waals surface area contributed by atoms with Crippen molar-refractivity contribution in [3.05, 3.63) is 41.1 Å². The van der Waals surface area contributed by atoms with E-state index < -0.39 is 54.4 Å². The third kappa shape index (κ3) is 5.48. The fourth-order valence-electron chi connectivity index (χ4n) is 5.66. The first kappa shape index (κ1) is 27.5. The lowest BCUT2D eigenvalue weighted by Crippen LogP contribution is -2.41. The van der Waals surface area contributed by atoms with Crippen LogP contribution in [0.3, 0.4) is 0 Å². The van der Waals surface area contributed by atoms with E-state index in [1.165, 1.54) is 23.0 Å². The summed E-state index contributed by atoms with van der Waals surface area (Å²) in [6, 6.07) is -1.49. The summed E-state index contributed by atoms with van der Waals surface area (Å²) in [6.45, 7) is 0. The molecule has 3 aromatic rings. The maximum Gasteiger partial charge on any atom is 0.408 e. The zero-order valence-electron chi connectivity index (χ0n) is 21.5. The second-order valence-corrected chi connectivity index (χ2v) is 11.2. The molecule has 1 aliphatic heterocycles. The van der Waals surface area contributed by atoms with Crippen LogP contribution in [0, 0.1) is 5.92 Å². The van der Waals surface area contributed by atoms with E-state index in [9.17, 15) is 36.6 Å². The molecular weight excluding hydrogens is 557 g/mol. The van der Waals surface area contributed by atoms with E-state index in [4.69, 9.17) is 4.63 Å². The van der Waals surface area contributed by atoms with Gasteiger partial charge in [0, 0.05) is 31.6 Å². The molecule has 2 saturated carbocycles. The Balaban J connectivity index is 1.26. The number of hydrogen-bond donors (Lipinski definition) is 3. The number of alkyl halides is 5. The van der Waals surface area contributed by atoms with Gasteiger partial charge in [-0.1, -0.05) is 5.16 Å². The highest BCUT2D eigenvalue weighted by Gasteiger charge is 2.55. The predicted octanol–water partition coefficient (Wildman–Crippen LogP) is 3.01. The Morgan fingerprint density at radius 1 is 1.22 bits per heavy atom. The van der Waals surface area contributed by atoms with Crippen LogP contribution in [0.15, 0.2) is 23.1 Å². The number of nitrogens with zero attached hydrogens (tertiary/aromatic N) is 5. The second kappa shape index (κ2) is 9.70. The molecule has 16 heteroatoms. The molecule has 0 unspecified atom stereocenters. The van der Waals surface area contributed by atoms with Crippen molar-refractivity contribution in [2.75, 3.05) is 0 Å². The average molecular weight is 584 g/mol. The first-order valence-electron chi connectivity index (χ1n) is 13.3. The van der Waals surface area contributed by atoms with Gasteiger partial charge in [0.05, 0.1) is 24.1 Å². The van der Waals surface area contributed by atoms with Crippen molar-refractivity contribution in [3.63, 3.8) is 0 Å². The number of carbonyl (C=O) groups is 2. The minimum absolute atomic E-state index is 0.0306. The highest BCUT2D eigenvalue weighted by atomic mass is 19.4. The summed E-state index contributed by atoms with van der Waals surface area (Å²) in [4.78, 5) is 30.0. The Morgan fingerprint density at radius 2 is 1.95 bits per heavy atom. The van der Waals surface area contributed by atoms with Gasteiger partial charge in [-0.2, -0.15) is 18.3 Å². The summed E-state index contributed by atoms with van der Waals surface area (Å²) in [5.41, 5.74) is -0.992. The van der Waals surface area contributed by atoms with Crippen LogP contribution in [0.2, 0.25) is 0 Å². The van der Waals surface area contributed by atoms with Crippen molar-refractivity contribution in [1.29, 1.82) is 0 Å². The highest BCUT2D eigenvalue weighted by Crippen LogP contribution is 2.43. The molecule has 220 valence electrons. The Hall–Kier alpha value is -3.69. The molecule has 4 heterocycles. The lowest BCUT2D eigenvalue weighted by molar-refractivity contribution is -0.155. The van der Waals surface area contributed by atoms with Crippen LogP contribution in [-0.4, -0.2) is 65.6 Å². The molecule has 0 bridgehead atoms. The Morgan fingerprint density at radius 3 is 2.61 bits per heavy atom. The average Bonchev–Trinajstić information content (AvgIpc) is 3.33. The maximum atomic E-state index is 13.9. The molecule has 6 rings (SSSR count). The molecule has 11 nitrogen and oxygen atoms in total. The third-order valence-corrected chi connectivity index (χ3v) is 8.09. The van der Waals surface area contributed by atoms with Crippen LogP contribution < -0.4 is 10.6 Å². The van der Waals surface area contributed by atoms with E-state index in [2.05, 4.69) is 25.7 Å². The number of aliphatic hydroxyl groups is 1. The summed E-state index contributed by atoms with van der Waals surface area (Å²) in [7, 11) is 0. The minimum Gasteiger partial charge on any atom is -0.380 e. The van der Waals surface area contributed by atoms with Gasteiger partial charge in [-0.3, -0.25) is 9.59 Å². The van der Waals surface area contributed by atoms with Crippen LogP contribution in [0.1, 0.15) is 84.3 Å². The minimum atomic E-state index is -4.70. The number of fused-ring (bicyclic) bond motifs is 1. The van der Waals surface area contributed by atoms with Gasteiger partial charge in [0.25, 0.3) is 11.8 Å². The standard InChI is InChI=1S/C25H26F5N7O4/c26-24(27)5-3-14(4-6-24)18(34-21(38)20-19(13-1-2-13)35-41-36-20)15-11-37-17(32-15)7-12(10-31-37)8-23(40)9-16(25(28,29)30)33-22(23)39/h7,10-11,13-14,16,18,40H,1-6,8-9H2,(H,33,39)(H,34,38)/t16-,18-,23+/m0/s1. The number of imidazole rings is 1. The number of hydrogen-bond acceptors (Lipinski definition) is 8. The van der Waals surface area contributed by atoms with E-state index in [0.717, 1.165) is 12.8 Å². The van der Waals surface area contributed by atoms with Crippen LogP contribution in [-0.2, 0) is 11.2 Å². The van der Waals surface area contributed by atoms with Gasteiger partial charge >= 0.3 is 6.18 Å². The molecule has 3 aliphatic rings. The molecule has 3 atom stereocenters. The summed E-state index contributed by atoms with van der Waals surface area (Å²) < 4.78 is 73.4. The normalized spacial score (nSPS) is 25.8. The molecular formula is C25H26F5N7O4. The Kier molecular flexibility index (Phi) is 6.50. The van der Waals surface area contributed by atoms with Crippen molar-refractivity contribution in [2.45, 2.75) is 87.1 Å². The zero-order chi connectivity index (χ0) is 29.2. The molecule has 2 amide bonds. The summed E-state index contributed by atoms with van der Waals surface area (Å²) >= 11 is 0. The van der Waals surface area contributed by atoms with Crippen LogP contribution in [0.5, 0.6) is 0 Å². The van der Waals surface area contributed by atoms with Crippen molar-refractivity contribution in [2.24, 2.45) is 5.92 Å². The van der Waals surface area contributed by atoms with E-state index in [0.29, 0.717) is 11.4 Å². The topological polar surface area (TPSA) is 148 Å². The lowest BCUT2D eigenvalue weighted by atomic mass is 9.81. The third-order valence-electron chi connectivity index (χ3n) is 8.09. The molecule has 41 heavy (non-hydrogen) atoms. The number of aromatic nitrogens is 5. The Bertz CT molecular complexity index is 1480. The van der Waals surface area contributed by atoms with Crippen molar-refractivity contribution in [1.82, 2.24) is 35.5 Å². The molecule has 0 spiro atoms. The Labute approximate surface area is 228 Å². The first-order chi connectivity index (χ1) is 19.3. The van der Waals surface area contributed by atoms with E-state index in [-0.39, 0.29) is 54.4 Å². The molecule has 2 aliphatic carbocycles. The van der Waals surface area contributed by atoms with Gasteiger partial charge < -0.3 is 15.7 Å². The SMILES string of the molecule is O=C(N[C@H](c1cn2ncc(C[C@@]3(O)C[C@@H](C(F)(F)F)NC3=O)cc2n1)C1CCC(F)(F)CC1)c1nonc1C1CC1. The smallest absolute Gasteiger partial charge is 0.380 e. The van der Waals surface area contributed by atoms with Gasteiger partial charge in [0.15, 0.2) is 11.3 Å². The predicted molar refractivity (Wildman–Crippen MR) is 128 cm³/mol. The second-order valence-electron chi connectivity index (χ2n) is 11.2. The van der Waals surface area contributed by atoms with Gasteiger partial charge in [0.1, 0.15) is 17.3 Å². The van der Waals surface area contributed by atoms with Crippen LogP contribution >= 0.6 is 0 Å². The number of rotatable bonds is 7. The van der Waals surface area contributed by atoms with Crippen LogP contribution in [0.4, 0.5) is 22.0 Å². The molecule has 1 saturated heterocycles. The maximum absolute atomic E-state index is 13.9. The quantitative estimate of drug-likeness (QED) is 0.360. The highest BCUT2D eigenvalue weighted by molar-refractivity contribution is 5.93. The molecule has 0 radical (unpaired) electrons. The van der Waals surface area contributed by atoms with E-state index >= 15 is 0 Å². The van der Waals surface area contributed by atoms with Crippen LogP contribution in [0.25, 0.3) is 5.65 Å². The van der Waals surface area contributed by atoms with Gasteiger partial charge in [-0.05, 0) is 48.4 Å². The van der Waals surface area contributed by atoms with E-state index in [1.807, 2.05) is 0 Å². The molecule has 3 N–H and O–H groups in total. The zero-order valence-corrected chi connectivity index (χ0v) is 21.5. The molecule has 0 aromatic carbocycles. The number of halogens is 5. The van der Waals surface area contributed by atoms with Crippen molar-refractivity contribution in [3.8, 4) is 0 Å². The van der Waals surface area contributed by atoms with Crippen molar-refractivity contribution >= 4 is 17.5 Å². The molecule has 3 aromatic heterocycles. The van der Waals surface area contributed by atoms with E-state index in [1.54, 1.807) is 5.32 Å². The lowest BCUT2D eigenvalue weighted by Gasteiger charge is -2.33. The summed E-state index contributed by atoms with van der Waals surface area (Å²) in [5, 5.41) is 27.1. The summed E-state index contributed by atoms with van der Waals surface area (Å²) in [5.74, 6) is -4.80. The first-order valence-corrected chi connectivity index (χ1v) is 13.3.